The van der Waals surface area contributed by atoms with Gasteiger partial charge in [-0.1, -0.05) is 24.3 Å². The smallest absolute Gasteiger partial charge is 0.142 e. The number of pyridine rings is 1. The molecule has 0 bridgehead atoms. The number of nitrogen functional groups attached to an aromatic ring is 1. The largest absolute Gasteiger partial charge is 0.464 e. The van der Waals surface area contributed by atoms with Gasteiger partial charge in [-0.2, -0.15) is 5.26 Å². The van der Waals surface area contributed by atoms with E-state index in [-0.39, 0.29) is 11.9 Å². The second-order valence-electron chi connectivity index (χ2n) is 5.70. The van der Waals surface area contributed by atoms with Crippen LogP contribution in [0.3, 0.4) is 0 Å². The standard InChI is InChI=1S/C19H15N3O2/c1-11-18-15(10-24-11)17(14(9-20)19(21)22-18)13-6-3-2-5-12(13)16-7-4-8-23-16/h2-8,11H,10H2,1H3,(H2,21,22). The summed E-state index contributed by atoms with van der Waals surface area (Å²) in [6.45, 7) is 2.35. The van der Waals surface area contributed by atoms with Crippen LogP contribution in [-0.2, 0) is 11.3 Å². The first kappa shape index (κ1) is 14.5. The zero-order valence-electron chi connectivity index (χ0n) is 13.1. The van der Waals surface area contributed by atoms with Crippen molar-refractivity contribution in [2.24, 2.45) is 0 Å². The van der Waals surface area contributed by atoms with E-state index >= 15 is 0 Å². The van der Waals surface area contributed by atoms with E-state index in [0.717, 1.165) is 33.7 Å². The van der Waals surface area contributed by atoms with Crippen LogP contribution in [0.5, 0.6) is 0 Å². The van der Waals surface area contributed by atoms with Gasteiger partial charge in [0.05, 0.1) is 24.7 Å². The summed E-state index contributed by atoms with van der Waals surface area (Å²) in [5.74, 6) is 0.975. The van der Waals surface area contributed by atoms with Gasteiger partial charge in [-0.3, -0.25) is 0 Å². The number of rotatable bonds is 2. The maximum Gasteiger partial charge on any atom is 0.142 e. The summed E-state index contributed by atoms with van der Waals surface area (Å²) in [6, 6.07) is 13.8. The molecular weight excluding hydrogens is 302 g/mol. The van der Waals surface area contributed by atoms with Gasteiger partial charge in [-0.25, -0.2) is 4.98 Å². The van der Waals surface area contributed by atoms with Crippen LogP contribution in [0.15, 0.2) is 47.1 Å². The van der Waals surface area contributed by atoms with Crippen LogP contribution in [0, 0.1) is 11.3 Å². The highest BCUT2D eigenvalue weighted by atomic mass is 16.5. The summed E-state index contributed by atoms with van der Waals surface area (Å²) in [5.41, 5.74) is 10.8. The third kappa shape index (κ3) is 2.08. The zero-order valence-corrected chi connectivity index (χ0v) is 13.1. The fourth-order valence-corrected chi connectivity index (χ4v) is 3.19. The number of fused-ring (bicyclic) bond motifs is 1. The maximum absolute atomic E-state index is 9.64. The molecular formula is C19H15N3O2. The van der Waals surface area contributed by atoms with Gasteiger partial charge in [0.2, 0.25) is 0 Å². The van der Waals surface area contributed by atoms with Crippen molar-refractivity contribution in [2.75, 3.05) is 5.73 Å². The van der Waals surface area contributed by atoms with E-state index < -0.39 is 0 Å². The molecule has 1 unspecified atom stereocenters. The molecule has 2 aromatic heterocycles. The van der Waals surface area contributed by atoms with E-state index in [1.165, 1.54) is 0 Å². The minimum atomic E-state index is -0.135. The Morgan fingerprint density at radius 3 is 2.71 bits per heavy atom. The molecule has 3 heterocycles. The summed E-state index contributed by atoms with van der Waals surface area (Å²) in [5, 5.41) is 9.64. The predicted octanol–water partition coefficient (Wildman–Crippen LogP) is 4.05. The van der Waals surface area contributed by atoms with E-state index in [1.807, 2.05) is 43.3 Å². The molecule has 1 atom stereocenters. The lowest BCUT2D eigenvalue weighted by molar-refractivity contribution is 0.0780. The lowest BCUT2D eigenvalue weighted by atomic mass is 9.90. The number of hydrogen-bond acceptors (Lipinski definition) is 5. The molecule has 0 saturated carbocycles. The SMILES string of the molecule is CC1OCc2c1nc(N)c(C#N)c2-c1ccccc1-c1ccco1. The van der Waals surface area contributed by atoms with E-state index in [9.17, 15) is 5.26 Å². The monoisotopic (exact) mass is 317 g/mol. The first-order valence-electron chi connectivity index (χ1n) is 7.68. The average Bonchev–Trinajstić information content (AvgIpc) is 3.25. The minimum absolute atomic E-state index is 0.135. The topological polar surface area (TPSA) is 85.1 Å². The Labute approximate surface area is 139 Å². The molecule has 0 radical (unpaired) electrons. The fraction of sp³-hybridized carbons (Fsp3) is 0.158. The Hall–Kier alpha value is -3.10. The molecule has 0 spiro atoms. The van der Waals surface area contributed by atoms with Crippen molar-refractivity contribution in [2.45, 2.75) is 19.6 Å². The van der Waals surface area contributed by atoms with Crippen molar-refractivity contribution < 1.29 is 9.15 Å². The van der Waals surface area contributed by atoms with Gasteiger partial charge in [-0.05, 0) is 24.6 Å². The van der Waals surface area contributed by atoms with Crippen molar-refractivity contribution in [3.8, 4) is 28.5 Å². The molecule has 1 aliphatic heterocycles. The number of nitriles is 1. The van der Waals surface area contributed by atoms with Gasteiger partial charge in [-0.15, -0.1) is 0 Å². The van der Waals surface area contributed by atoms with Crippen LogP contribution in [-0.4, -0.2) is 4.98 Å². The molecule has 1 aliphatic rings. The van der Waals surface area contributed by atoms with E-state index in [0.29, 0.717) is 12.2 Å². The maximum atomic E-state index is 9.64. The van der Waals surface area contributed by atoms with Crippen molar-refractivity contribution in [3.05, 3.63) is 59.5 Å². The lowest BCUT2D eigenvalue weighted by Gasteiger charge is -2.15. The van der Waals surface area contributed by atoms with Crippen molar-refractivity contribution in [1.29, 1.82) is 5.26 Å². The van der Waals surface area contributed by atoms with Gasteiger partial charge in [0.15, 0.2) is 0 Å². The summed E-state index contributed by atoms with van der Waals surface area (Å²) in [6.07, 6.45) is 1.50. The molecule has 0 amide bonds. The van der Waals surface area contributed by atoms with Crippen molar-refractivity contribution in [1.82, 2.24) is 4.98 Å². The molecule has 24 heavy (non-hydrogen) atoms. The predicted molar refractivity (Wildman–Crippen MR) is 89.7 cm³/mol. The molecule has 5 nitrogen and oxygen atoms in total. The summed E-state index contributed by atoms with van der Waals surface area (Å²) in [7, 11) is 0. The van der Waals surface area contributed by atoms with Gasteiger partial charge in [0.25, 0.3) is 0 Å². The number of nitrogens with two attached hydrogens (primary N) is 1. The van der Waals surface area contributed by atoms with Gasteiger partial charge in [0.1, 0.15) is 23.2 Å². The third-order valence-electron chi connectivity index (χ3n) is 4.32. The van der Waals surface area contributed by atoms with E-state index in [2.05, 4.69) is 11.1 Å². The highest BCUT2D eigenvalue weighted by molar-refractivity contribution is 5.88. The molecule has 3 aromatic rings. The van der Waals surface area contributed by atoms with Crippen LogP contribution in [0.4, 0.5) is 5.82 Å². The number of hydrogen-bond donors (Lipinski definition) is 1. The normalized spacial score (nSPS) is 15.9. The van der Waals surface area contributed by atoms with E-state index in [1.54, 1.807) is 6.26 Å². The van der Waals surface area contributed by atoms with Gasteiger partial charge in [0, 0.05) is 16.7 Å². The Balaban J connectivity index is 2.06. The number of ether oxygens (including phenoxy) is 1. The molecule has 4 rings (SSSR count). The Morgan fingerprint density at radius 1 is 1.21 bits per heavy atom. The minimum Gasteiger partial charge on any atom is -0.464 e. The summed E-state index contributed by atoms with van der Waals surface area (Å²) >= 11 is 0. The molecule has 2 N–H and O–H groups in total. The van der Waals surface area contributed by atoms with Gasteiger partial charge >= 0.3 is 0 Å². The van der Waals surface area contributed by atoms with Crippen LogP contribution in [0.25, 0.3) is 22.5 Å². The quantitative estimate of drug-likeness (QED) is 0.770. The van der Waals surface area contributed by atoms with Gasteiger partial charge < -0.3 is 14.9 Å². The molecule has 1 aromatic carbocycles. The van der Waals surface area contributed by atoms with Crippen LogP contribution in [0.1, 0.15) is 29.8 Å². The zero-order chi connectivity index (χ0) is 16.7. The third-order valence-corrected chi connectivity index (χ3v) is 4.32. The second kappa shape index (κ2) is 5.52. The number of furan rings is 1. The second-order valence-corrected chi connectivity index (χ2v) is 5.70. The number of aromatic nitrogens is 1. The lowest BCUT2D eigenvalue weighted by Crippen LogP contribution is -2.05. The molecule has 0 aliphatic carbocycles. The fourth-order valence-electron chi connectivity index (χ4n) is 3.19. The van der Waals surface area contributed by atoms with Crippen LogP contribution in [0.2, 0.25) is 0 Å². The Morgan fingerprint density at radius 2 is 2.00 bits per heavy atom. The van der Waals surface area contributed by atoms with Crippen LogP contribution >= 0.6 is 0 Å². The number of nitrogens with zero attached hydrogens (tertiary/aromatic N) is 2. The highest BCUT2D eigenvalue weighted by Gasteiger charge is 2.29. The number of benzene rings is 1. The Kier molecular flexibility index (Phi) is 3.33. The number of anilines is 1. The summed E-state index contributed by atoms with van der Waals surface area (Å²) < 4.78 is 11.3. The van der Waals surface area contributed by atoms with Crippen molar-refractivity contribution in [3.63, 3.8) is 0 Å². The molecule has 5 heteroatoms. The average molecular weight is 317 g/mol. The highest BCUT2D eigenvalue weighted by Crippen LogP contribution is 2.43. The molecule has 0 fully saturated rings. The Bertz CT molecular complexity index is 955. The summed E-state index contributed by atoms with van der Waals surface area (Å²) in [4.78, 5) is 4.39. The van der Waals surface area contributed by atoms with Crippen LogP contribution < -0.4 is 5.73 Å². The molecule has 118 valence electrons. The first-order chi connectivity index (χ1) is 11.7. The molecule has 0 saturated heterocycles. The van der Waals surface area contributed by atoms with E-state index in [4.69, 9.17) is 14.9 Å². The van der Waals surface area contributed by atoms with Crippen molar-refractivity contribution >= 4 is 5.82 Å². The first-order valence-corrected chi connectivity index (χ1v) is 7.68.